The lowest BCUT2D eigenvalue weighted by Crippen LogP contribution is -2.36. The van der Waals surface area contributed by atoms with E-state index in [1.54, 1.807) is 18.2 Å². The summed E-state index contributed by atoms with van der Waals surface area (Å²) in [5.74, 6) is -0.0624. The van der Waals surface area contributed by atoms with Gasteiger partial charge in [-0.05, 0) is 24.6 Å². The third-order valence-electron chi connectivity index (χ3n) is 3.26. The fourth-order valence-electron chi connectivity index (χ4n) is 2.08. The van der Waals surface area contributed by atoms with Gasteiger partial charge in [0, 0.05) is 18.0 Å². The number of rotatable bonds is 5. The van der Waals surface area contributed by atoms with Crippen LogP contribution < -0.4 is 14.8 Å². The first-order valence-electron chi connectivity index (χ1n) is 7.02. The van der Waals surface area contributed by atoms with Gasteiger partial charge in [0.25, 0.3) is 5.91 Å². The summed E-state index contributed by atoms with van der Waals surface area (Å²) in [6.45, 7) is 2.98. The van der Waals surface area contributed by atoms with E-state index in [4.69, 9.17) is 14.6 Å². The van der Waals surface area contributed by atoms with Crippen molar-refractivity contribution >= 4 is 11.9 Å². The highest BCUT2D eigenvalue weighted by atomic mass is 16.5. The minimum Gasteiger partial charge on any atom is -0.490 e. The van der Waals surface area contributed by atoms with Crippen LogP contribution in [0.1, 0.15) is 36.5 Å². The minimum atomic E-state index is -0.930. The quantitative estimate of drug-likeness (QED) is 0.865. The fraction of sp³-hybridized carbons (Fsp3) is 0.467. The second-order valence-electron chi connectivity index (χ2n) is 4.89. The van der Waals surface area contributed by atoms with Gasteiger partial charge in [-0.1, -0.05) is 6.92 Å². The SMILES string of the molecule is CCC(CC(=O)O)NC(=O)c1ccc2c(c1)OCCCO2. The van der Waals surface area contributed by atoms with Crippen molar-refractivity contribution in [1.82, 2.24) is 5.32 Å². The van der Waals surface area contributed by atoms with Gasteiger partial charge in [0.05, 0.1) is 19.6 Å². The molecule has 1 aliphatic heterocycles. The predicted octanol–water partition coefficient (Wildman–Crippen LogP) is 1.83. The summed E-state index contributed by atoms with van der Waals surface area (Å²) < 4.78 is 11.0. The Morgan fingerprint density at radius 3 is 2.67 bits per heavy atom. The zero-order chi connectivity index (χ0) is 15.2. The number of hydrogen-bond donors (Lipinski definition) is 2. The Morgan fingerprint density at radius 2 is 2.00 bits per heavy atom. The molecular weight excluding hydrogens is 274 g/mol. The zero-order valence-corrected chi connectivity index (χ0v) is 11.9. The molecule has 1 amide bonds. The van der Waals surface area contributed by atoms with Crippen LogP contribution in [-0.4, -0.2) is 36.2 Å². The van der Waals surface area contributed by atoms with Crippen LogP contribution in [0.4, 0.5) is 0 Å². The molecule has 1 heterocycles. The summed E-state index contributed by atoms with van der Waals surface area (Å²) in [5.41, 5.74) is 0.433. The van der Waals surface area contributed by atoms with Gasteiger partial charge in [-0.3, -0.25) is 9.59 Å². The molecule has 6 nitrogen and oxygen atoms in total. The van der Waals surface area contributed by atoms with E-state index in [0.717, 1.165) is 6.42 Å². The smallest absolute Gasteiger partial charge is 0.305 e. The molecule has 1 aromatic carbocycles. The monoisotopic (exact) mass is 293 g/mol. The van der Waals surface area contributed by atoms with E-state index in [1.165, 1.54) is 0 Å². The second kappa shape index (κ2) is 6.97. The van der Waals surface area contributed by atoms with Crippen molar-refractivity contribution in [3.63, 3.8) is 0 Å². The molecule has 6 heteroatoms. The third-order valence-corrected chi connectivity index (χ3v) is 3.26. The fourth-order valence-corrected chi connectivity index (χ4v) is 2.08. The van der Waals surface area contributed by atoms with Crippen LogP contribution in [0.25, 0.3) is 0 Å². The molecule has 0 fully saturated rings. The Hall–Kier alpha value is -2.24. The largest absolute Gasteiger partial charge is 0.490 e. The van der Waals surface area contributed by atoms with E-state index in [9.17, 15) is 9.59 Å². The van der Waals surface area contributed by atoms with E-state index in [1.807, 2.05) is 6.92 Å². The standard InChI is InChI=1S/C15H19NO5/c1-2-11(9-14(17)18)16-15(19)10-4-5-12-13(8-10)21-7-3-6-20-12/h4-5,8,11H,2-3,6-7,9H2,1H3,(H,16,19)(H,17,18). The molecular formula is C15H19NO5. The average molecular weight is 293 g/mol. The van der Waals surface area contributed by atoms with Gasteiger partial charge in [-0.15, -0.1) is 0 Å². The second-order valence-corrected chi connectivity index (χ2v) is 4.89. The first kappa shape index (κ1) is 15.2. The Balaban J connectivity index is 2.08. The molecule has 1 aliphatic rings. The normalized spacial score (nSPS) is 14.9. The number of carbonyl (C=O) groups excluding carboxylic acids is 1. The molecule has 0 saturated carbocycles. The van der Waals surface area contributed by atoms with Crippen LogP contribution in [0.15, 0.2) is 18.2 Å². The van der Waals surface area contributed by atoms with Crippen molar-refractivity contribution in [2.24, 2.45) is 0 Å². The van der Waals surface area contributed by atoms with Gasteiger partial charge in [0.2, 0.25) is 0 Å². The van der Waals surface area contributed by atoms with Gasteiger partial charge >= 0.3 is 5.97 Å². The number of carboxylic acid groups (broad SMARTS) is 1. The Kier molecular flexibility index (Phi) is 5.03. The lowest BCUT2D eigenvalue weighted by atomic mass is 10.1. The first-order valence-corrected chi connectivity index (χ1v) is 7.02. The highest BCUT2D eigenvalue weighted by molar-refractivity contribution is 5.95. The Morgan fingerprint density at radius 1 is 1.29 bits per heavy atom. The van der Waals surface area contributed by atoms with Gasteiger partial charge in [-0.2, -0.15) is 0 Å². The van der Waals surface area contributed by atoms with Gasteiger partial charge in [-0.25, -0.2) is 0 Å². The molecule has 1 atom stereocenters. The molecule has 0 bridgehead atoms. The van der Waals surface area contributed by atoms with Crippen LogP contribution in [0.3, 0.4) is 0 Å². The number of fused-ring (bicyclic) bond motifs is 1. The number of ether oxygens (including phenoxy) is 2. The van der Waals surface area contributed by atoms with Crippen molar-refractivity contribution in [3.05, 3.63) is 23.8 Å². The van der Waals surface area contributed by atoms with E-state index in [-0.39, 0.29) is 18.4 Å². The molecule has 1 aromatic rings. The summed E-state index contributed by atoms with van der Waals surface area (Å²) in [5, 5.41) is 11.5. The van der Waals surface area contributed by atoms with Gasteiger partial charge < -0.3 is 19.9 Å². The van der Waals surface area contributed by atoms with E-state index < -0.39 is 5.97 Å². The topological polar surface area (TPSA) is 84.9 Å². The summed E-state index contributed by atoms with van der Waals surface area (Å²) >= 11 is 0. The summed E-state index contributed by atoms with van der Waals surface area (Å²) in [6.07, 6.45) is 1.27. The summed E-state index contributed by atoms with van der Waals surface area (Å²) in [6, 6.07) is 4.60. The molecule has 0 spiro atoms. The molecule has 0 aromatic heterocycles. The lowest BCUT2D eigenvalue weighted by Gasteiger charge is -2.15. The lowest BCUT2D eigenvalue weighted by molar-refractivity contribution is -0.137. The Labute approximate surface area is 123 Å². The molecule has 2 rings (SSSR count). The van der Waals surface area contributed by atoms with Crippen LogP contribution >= 0.6 is 0 Å². The highest BCUT2D eigenvalue weighted by Gasteiger charge is 2.18. The molecule has 21 heavy (non-hydrogen) atoms. The maximum absolute atomic E-state index is 12.2. The van der Waals surface area contributed by atoms with E-state index in [0.29, 0.717) is 36.7 Å². The van der Waals surface area contributed by atoms with Crippen molar-refractivity contribution in [1.29, 1.82) is 0 Å². The molecule has 114 valence electrons. The van der Waals surface area contributed by atoms with Crippen LogP contribution in [0.5, 0.6) is 11.5 Å². The number of carbonyl (C=O) groups is 2. The predicted molar refractivity (Wildman–Crippen MR) is 75.8 cm³/mol. The Bertz CT molecular complexity index is 529. The van der Waals surface area contributed by atoms with Crippen LogP contribution in [0.2, 0.25) is 0 Å². The van der Waals surface area contributed by atoms with Crippen molar-refractivity contribution in [2.45, 2.75) is 32.2 Å². The van der Waals surface area contributed by atoms with Crippen LogP contribution in [-0.2, 0) is 4.79 Å². The number of aliphatic carboxylic acids is 1. The van der Waals surface area contributed by atoms with E-state index in [2.05, 4.69) is 5.32 Å². The number of carboxylic acids is 1. The summed E-state index contributed by atoms with van der Waals surface area (Å²) in [4.78, 5) is 22.9. The zero-order valence-electron chi connectivity index (χ0n) is 11.9. The molecule has 0 aliphatic carbocycles. The maximum Gasteiger partial charge on any atom is 0.305 e. The average Bonchev–Trinajstić information content (AvgIpc) is 2.70. The van der Waals surface area contributed by atoms with Crippen LogP contribution in [0, 0.1) is 0 Å². The number of hydrogen-bond acceptors (Lipinski definition) is 4. The molecule has 2 N–H and O–H groups in total. The molecule has 1 unspecified atom stereocenters. The van der Waals surface area contributed by atoms with Gasteiger partial charge in [0.1, 0.15) is 0 Å². The van der Waals surface area contributed by atoms with Crippen molar-refractivity contribution in [2.75, 3.05) is 13.2 Å². The third kappa shape index (κ3) is 4.11. The van der Waals surface area contributed by atoms with Gasteiger partial charge in [0.15, 0.2) is 11.5 Å². The first-order chi connectivity index (χ1) is 10.1. The number of nitrogens with one attached hydrogen (secondary N) is 1. The minimum absolute atomic E-state index is 0.0905. The highest BCUT2D eigenvalue weighted by Crippen LogP contribution is 2.30. The molecule has 0 saturated heterocycles. The maximum atomic E-state index is 12.2. The van der Waals surface area contributed by atoms with Crippen molar-refractivity contribution in [3.8, 4) is 11.5 Å². The molecule has 0 radical (unpaired) electrons. The van der Waals surface area contributed by atoms with E-state index >= 15 is 0 Å². The number of benzene rings is 1. The van der Waals surface area contributed by atoms with Crippen molar-refractivity contribution < 1.29 is 24.2 Å². The summed E-state index contributed by atoms with van der Waals surface area (Å²) in [7, 11) is 0. The number of amides is 1.